The molecule has 7 nitrogen and oxygen atoms in total. The van der Waals surface area contributed by atoms with Crippen LogP contribution in [0.15, 0.2) is 29.2 Å². The molecule has 1 saturated heterocycles. The first kappa shape index (κ1) is 15.9. The van der Waals surface area contributed by atoms with E-state index in [0.29, 0.717) is 32.7 Å². The number of piperazine rings is 1. The molecule has 0 spiro atoms. The Balaban J connectivity index is 2.16. The lowest BCUT2D eigenvalue weighted by Gasteiger charge is -2.33. The maximum absolute atomic E-state index is 12.5. The zero-order valence-electron chi connectivity index (χ0n) is 11.5. The lowest BCUT2D eigenvalue weighted by atomic mass is 10.2. The van der Waals surface area contributed by atoms with Crippen molar-refractivity contribution in [1.29, 1.82) is 0 Å². The maximum atomic E-state index is 12.5. The van der Waals surface area contributed by atoms with Gasteiger partial charge in [-0.25, -0.2) is 13.2 Å². The largest absolute Gasteiger partial charge is 0.478 e. The number of aliphatic hydroxyl groups excluding tert-OH is 1. The van der Waals surface area contributed by atoms with Gasteiger partial charge in [0.05, 0.1) is 17.1 Å². The van der Waals surface area contributed by atoms with E-state index in [0.717, 1.165) is 0 Å². The number of aliphatic hydroxyl groups is 1. The molecule has 0 amide bonds. The Hall–Kier alpha value is -1.48. The summed E-state index contributed by atoms with van der Waals surface area (Å²) in [7, 11) is -3.68. The molecule has 0 bridgehead atoms. The summed E-state index contributed by atoms with van der Waals surface area (Å²) in [5.74, 6) is -1.15. The lowest BCUT2D eigenvalue weighted by molar-refractivity contribution is 0.0696. The molecule has 0 atom stereocenters. The number of benzene rings is 1. The Morgan fingerprint density at radius 1 is 1.19 bits per heavy atom. The van der Waals surface area contributed by atoms with Crippen LogP contribution in [0.4, 0.5) is 0 Å². The number of nitrogens with zero attached hydrogens (tertiary/aromatic N) is 2. The van der Waals surface area contributed by atoms with Crippen molar-refractivity contribution >= 4 is 16.0 Å². The van der Waals surface area contributed by atoms with Crippen LogP contribution < -0.4 is 0 Å². The first-order valence-electron chi connectivity index (χ1n) is 6.62. The van der Waals surface area contributed by atoms with Gasteiger partial charge in [0.1, 0.15) is 0 Å². The molecule has 0 unspecified atom stereocenters. The monoisotopic (exact) mass is 314 g/mol. The average molecular weight is 314 g/mol. The van der Waals surface area contributed by atoms with Crippen molar-refractivity contribution in [2.75, 3.05) is 39.3 Å². The molecule has 2 rings (SSSR count). The summed E-state index contributed by atoms with van der Waals surface area (Å²) in [4.78, 5) is 12.9. The van der Waals surface area contributed by atoms with E-state index in [9.17, 15) is 13.2 Å². The molecule has 8 heteroatoms. The van der Waals surface area contributed by atoms with Gasteiger partial charge in [0.2, 0.25) is 10.0 Å². The third-order valence-corrected chi connectivity index (χ3v) is 5.36. The predicted octanol–water partition coefficient (Wildman–Crippen LogP) is -0.317. The molecule has 1 aliphatic rings. The Morgan fingerprint density at radius 2 is 1.86 bits per heavy atom. The van der Waals surface area contributed by atoms with Crippen molar-refractivity contribution < 1.29 is 23.4 Å². The standard InChI is InChI=1S/C13H18N2O5S/c16-9-8-14-4-6-15(7-5-14)21(19,20)12-3-1-2-11(10-12)13(17)18/h1-3,10,16H,4-9H2,(H,17,18). The van der Waals surface area contributed by atoms with Gasteiger partial charge in [0.15, 0.2) is 0 Å². The van der Waals surface area contributed by atoms with E-state index in [1.54, 1.807) is 0 Å². The highest BCUT2D eigenvalue weighted by Crippen LogP contribution is 2.18. The van der Waals surface area contributed by atoms with Gasteiger partial charge in [-0.1, -0.05) is 6.07 Å². The Morgan fingerprint density at radius 3 is 2.43 bits per heavy atom. The molecule has 2 N–H and O–H groups in total. The summed E-state index contributed by atoms with van der Waals surface area (Å²) < 4.78 is 26.3. The van der Waals surface area contributed by atoms with Crippen LogP contribution >= 0.6 is 0 Å². The van der Waals surface area contributed by atoms with E-state index in [4.69, 9.17) is 10.2 Å². The molecule has 0 saturated carbocycles. The van der Waals surface area contributed by atoms with Gasteiger partial charge >= 0.3 is 5.97 Å². The van der Waals surface area contributed by atoms with Crippen LogP contribution in [0.3, 0.4) is 0 Å². The zero-order valence-corrected chi connectivity index (χ0v) is 12.3. The fraction of sp³-hybridized carbons (Fsp3) is 0.462. The maximum Gasteiger partial charge on any atom is 0.335 e. The number of carboxylic acid groups (broad SMARTS) is 1. The highest BCUT2D eigenvalue weighted by Gasteiger charge is 2.28. The topological polar surface area (TPSA) is 98.1 Å². The molecule has 0 aliphatic carbocycles. The van der Waals surface area contributed by atoms with E-state index in [2.05, 4.69) is 0 Å². The van der Waals surface area contributed by atoms with Crippen LogP contribution in [0, 0.1) is 0 Å². The van der Waals surface area contributed by atoms with Crippen LogP contribution in [0.25, 0.3) is 0 Å². The molecule has 21 heavy (non-hydrogen) atoms. The van der Waals surface area contributed by atoms with E-state index in [-0.39, 0.29) is 17.1 Å². The van der Waals surface area contributed by atoms with Crippen molar-refractivity contribution in [2.24, 2.45) is 0 Å². The molecule has 1 aliphatic heterocycles. The molecule has 1 fully saturated rings. The van der Waals surface area contributed by atoms with Gasteiger partial charge in [-0.3, -0.25) is 4.90 Å². The molecule has 1 aromatic carbocycles. The second-order valence-electron chi connectivity index (χ2n) is 4.80. The smallest absolute Gasteiger partial charge is 0.335 e. The number of carboxylic acids is 1. The highest BCUT2D eigenvalue weighted by atomic mass is 32.2. The van der Waals surface area contributed by atoms with Crippen LogP contribution in [-0.2, 0) is 10.0 Å². The average Bonchev–Trinajstić information content (AvgIpc) is 2.48. The number of carbonyl (C=O) groups is 1. The first-order valence-corrected chi connectivity index (χ1v) is 8.06. The number of rotatable bonds is 5. The fourth-order valence-corrected chi connectivity index (χ4v) is 3.74. The van der Waals surface area contributed by atoms with Crippen LogP contribution in [0.2, 0.25) is 0 Å². The van der Waals surface area contributed by atoms with E-state index in [1.807, 2.05) is 4.90 Å². The van der Waals surface area contributed by atoms with Crippen molar-refractivity contribution in [3.63, 3.8) is 0 Å². The van der Waals surface area contributed by atoms with Gasteiger partial charge in [0, 0.05) is 32.7 Å². The molecule has 116 valence electrons. The molecule has 1 heterocycles. The quantitative estimate of drug-likeness (QED) is 0.773. The van der Waals surface area contributed by atoms with Crippen LogP contribution in [-0.4, -0.2) is 73.1 Å². The van der Waals surface area contributed by atoms with E-state index < -0.39 is 16.0 Å². The number of β-amino-alcohol motifs (C(OH)–C–C–N with tert-alkyl or cyclic N) is 1. The Kier molecular flexibility index (Phi) is 4.94. The summed E-state index contributed by atoms with van der Waals surface area (Å²) in [6.07, 6.45) is 0. The van der Waals surface area contributed by atoms with Crippen molar-refractivity contribution in [3.05, 3.63) is 29.8 Å². The summed E-state index contributed by atoms with van der Waals surface area (Å²) in [6, 6.07) is 5.37. The number of hydrogen-bond donors (Lipinski definition) is 2. The normalized spacial score (nSPS) is 17.8. The SMILES string of the molecule is O=C(O)c1cccc(S(=O)(=O)N2CCN(CCO)CC2)c1. The van der Waals surface area contributed by atoms with E-state index in [1.165, 1.54) is 28.6 Å². The molecule has 0 aromatic heterocycles. The summed E-state index contributed by atoms with van der Waals surface area (Å²) in [5.41, 5.74) is -0.0463. The lowest BCUT2D eigenvalue weighted by Crippen LogP contribution is -2.49. The molecular weight excluding hydrogens is 296 g/mol. The fourth-order valence-electron chi connectivity index (χ4n) is 2.27. The first-order chi connectivity index (χ1) is 9.95. The Labute approximate surface area is 123 Å². The third kappa shape index (κ3) is 3.59. The number of hydrogen-bond acceptors (Lipinski definition) is 5. The summed E-state index contributed by atoms with van der Waals surface area (Å²) in [6.45, 7) is 2.35. The van der Waals surface area contributed by atoms with Crippen molar-refractivity contribution in [3.8, 4) is 0 Å². The molecular formula is C13H18N2O5S. The van der Waals surface area contributed by atoms with Gasteiger partial charge in [0.25, 0.3) is 0 Å². The number of aromatic carboxylic acids is 1. The van der Waals surface area contributed by atoms with Gasteiger partial charge in [-0.05, 0) is 18.2 Å². The van der Waals surface area contributed by atoms with Crippen LogP contribution in [0.1, 0.15) is 10.4 Å². The second kappa shape index (κ2) is 6.52. The summed E-state index contributed by atoms with van der Waals surface area (Å²) >= 11 is 0. The number of sulfonamides is 1. The highest BCUT2D eigenvalue weighted by molar-refractivity contribution is 7.89. The van der Waals surface area contributed by atoms with Crippen molar-refractivity contribution in [2.45, 2.75) is 4.90 Å². The van der Waals surface area contributed by atoms with E-state index >= 15 is 0 Å². The second-order valence-corrected chi connectivity index (χ2v) is 6.74. The van der Waals surface area contributed by atoms with Crippen LogP contribution in [0.5, 0.6) is 0 Å². The molecule has 1 aromatic rings. The van der Waals surface area contributed by atoms with Gasteiger partial charge < -0.3 is 10.2 Å². The Bertz CT molecular complexity index is 609. The van der Waals surface area contributed by atoms with Gasteiger partial charge in [-0.15, -0.1) is 0 Å². The minimum Gasteiger partial charge on any atom is -0.478 e. The molecule has 0 radical (unpaired) electrons. The minimum absolute atomic E-state index is 0.00184. The predicted molar refractivity (Wildman–Crippen MR) is 75.7 cm³/mol. The zero-order chi connectivity index (χ0) is 15.5. The van der Waals surface area contributed by atoms with Crippen molar-refractivity contribution in [1.82, 2.24) is 9.21 Å². The summed E-state index contributed by atoms with van der Waals surface area (Å²) in [5, 5.41) is 17.8. The van der Waals surface area contributed by atoms with Gasteiger partial charge in [-0.2, -0.15) is 4.31 Å². The minimum atomic E-state index is -3.68. The third-order valence-electron chi connectivity index (χ3n) is 3.47.